The lowest BCUT2D eigenvalue weighted by molar-refractivity contribution is -0.135. The molecule has 5 heteroatoms. The molecule has 19 heavy (non-hydrogen) atoms. The second-order valence-electron chi connectivity index (χ2n) is 5.50. The van der Waals surface area contributed by atoms with Crippen LogP contribution >= 0.6 is 0 Å². The zero-order valence-corrected chi connectivity index (χ0v) is 11.2. The quantitative estimate of drug-likeness (QED) is 0.889. The first kappa shape index (κ1) is 12.7. The number of carbonyl (C=O) groups is 1. The summed E-state index contributed by atoms with van der Waals surface area (Å²) < 4.78 is 7.69. The van der Waals surface area contributed by atoms with Crippen LogP contribution < -0.4 is 5.32 Å². The van der Waals surface area contributed by atoms with Crippen molar-refractivity contribution in [1.82, 2.24) is 14.9 Å². The van der Waals surface area contributed by atoms with Gasteiger partial charge in [-0.05, 0) is 31.6 Å². The molecule has 104 valence electrons. The number of imidazole rings is 1. The Morgan fingerprint density at radius 2 is 2.42 bits per heavy atom. The van der Waals surface area contributed by atoms with E-state index in [2.05, 4.69) is 14.9 Å². The highest BCUT2D eigenvalue weighted by atomic mass is 16.5. The Hall–Kier alpha value is -1.36. The minimum absolute atomic E-state index is 0.0635. The van der Waals surface area contributed by atoms with Crippen molar-refractivity contribution in [3.63, 3.8) is 0 Å². The van der Waals surface area contributed by atoms with Gasteiger partial charge in [0.2, 0.25) is 5.91 Å². The fraction of sp³-hybridized carbons (Fsp3) is 0.714. The van der Waals surface area contributed by atoms with Crippen molar-refractivity contribution in [2.45, 2.75) is 44.8 Å². The van der Waals surface area contributed by atoms with Crippen molar-refractivity contribution in [3.8, 4) is 0 Å². The number of ether oxygens (including phenoxy) is 1. The molecule has 0 aliphatic carbocycles. The fourth-order valence-electron chi connectivity index (χ4n) is 2.90. The highest BCUT2D eigenvalue weighted by Gasteiger charge is 2.24. The second-order valence-corrected chi connectivity index (χ2v) is 5.50. The van der Waals surface area contributed by atoms with Gasteiger partial charge in [-0.15, -0.1) is 0 Å². The Balaban J connectivity index is 1.46. The molecule has 3 rings (SSSR count). The zero-order chi connectivity index (χ0) is 13.1. The molecule has 1 saturated heterocycles. The van der Waals surface area contributed by atoms with Gasteiger partial charge in [-0.1, -0.05) is 0 Å². The molecule has 1 aromatic heterocycles. The van der Waals surface area contributed by atoms with Gasteiger partial charge >= 0.3 is 0 Å². The van der Waals surface area contributed by atoms with E-state index in [-0.39, 0.29) is 12.0 Å². The van der Waals surface area contributed by atoms with Gasteiger partial charge in [0.05, 0.1) is 0 Å². The smallest absolute Gasteiger partial charge is 0.249 e. The molecular weight excluding hydrogens is 242 g/mol. The van der Waals surface area contributed by atoms with Gasteiger partial charge in [-0.25, -0.2) is 4.98 Å². The first-order valence-electron chi connectivity index (χ1n) is 7.22. The maximum absolute atomic E-state index is 12.0. The number of carbonyl (C=O) groups excluding carboxylic acids is 1. The Morgan fingerprint density at radius 3 is 3.26 bits per heavy atom. The van der Waals surface area contributed by atoms with Gasteiger partial charge in [0.15, 0.2) is 0 Å². The highest BCUT2D eigenvalue weighted by molar-refractivity contribution is 5.80. The third-order valence-corrected chi connectivity index (χ3v) is 4.09. The lowest BCUT2D eigenvalue weighted by Crippen LogP contribution is -2.41. The average molecular weight is 263 g/mol. The summed E-state index contributed by atoms with van der Waals surface area (Å²) in [5.41, 5.74) is 0. The minimum atomic E-state index is -0.223. The number of nitrogens with zero attached hydrogens (tertiary/aromatic N) is 2. The molecule has 2 aliphatic rings. The predicted octanol–water partition coefficient (Wildman–Crippen LogP) is 1.13. The standard InChI is InChI=1S/C14H21N3O2/c18-14(12-3-1-2-8-19-12)16-10-11-4-6-17-7-5-15-13(17)9-11/h5,7,11-12H,1-4,6,8-10H2,(H,16,18)/t11-,12-/m0/s1. The SMILES string of the molecule is O=C(NC[C@H]1CCn2ccnc2C1)[C@@H]1CCCCO1. The van der Waals surface area contributed by atoms with Gasteiger partial charge in [0, 0.05) is 38.5 Å². The Labute approximate surface area is 113 Å². The lowest BCUT2D eigenvalue weighted by Gasteiger charge is -2.26. The molecule has 1 amide bonds. The summed E-state index contributed by atoms with van der Waals surface area (Å²) >= 11 is 0. The van der Waals surface area contributed by atoms with Gasteiger partial charge in [-0.3, -0.25) is 4.79 Å². The molecule has 1 N–H and O–H groups in total. The van der Waals surface area contributed by atoms with Crippen LogP contribution in [0.1, 0.15) is 31.5 Å². The Morgan fingerprint density at radius 1 is 1.47 bits per heavy atom. The number of hydrogen-bond acceptors (Lipinski definition) is 3. The van der Waals surface area contributed by atoms with Crippen LogP contribution in [0.5, 0.6) is 0 Å². The summed E-state index contributed by atoms with van der Waals surface area (Å²) in [6.45, 7) is 2.47. The van der Waals surface area contributed by atoms with Crippen LogP contribution in [0.2, 0.25) is 0 Å². The molecule has 1 aromatic rings. The summed E-state index contributed by atoms with van der Waals surface area (Å²) in [6, 6.07) is 0. The average Bonchev–Trinajstić information content (AvgIpc) is 2.93. The third kappa shape index (κ3) is 2.97. The van der Waals surface area contributed by atoms with E-state index in [1.54, 1.807) is 0 Å². The third-order valence-electron chi connectivity index (χ3n) is 4.09. The molecule has 0 unspecified atom stereocenters. The van der Waals surface area contributed by atoms with E-state index >= 15 is 0 Å². The summed E-state index contributed by atoms with van der Waals surface area (Å²) in [7, 11) is 0. The van der Waals surface area contributed by atoms with Gasteiger partial charge < -0.3 is 14.6 Å². The summed E-state index contributed by atoms with van der Waals surface area (Å²) in [4.78, 5) is 16.3. The van der Waals surface area contributed by atoms with Crippen molar-refractivity contribution >= 4 is 5.91 Å². The number of rotatable bonds is 3. The molecule has 0 bridgehead atoms. The largest absolute Gasteiger partial charge is 0.368 e. The van der Waals surface area contributed by atoms with Crippen LogP contribution in [0.25, 0.3) is 0 Å². The predicted molar refractivity (Wildman–Crippen MR) is 70.6 cm³/mol. The van der Waals surface area contributed by atoms with Crippen molar-refractivity contribution in [1.29, 1.82) is 0 Å². The molecule has 0 saturated carbocycles. The number of fused-ring (bicyclic) bond motifs is 1. The molecule has 3 heterocycles. The number of nitrogens with one attached hydrogen (secondary N) is 1. The first-order valence-corrected chi connectivity index (χ1v) is 7.22. The van der Waals surface area contributed by atoms with E-state index in [0.29, 0.717) is 5.92 Å². The van der Waals surface area contributed by atoms with Crippen molar-refractivity contribution in [2.75, 3.05) is 13.2 Å². The first-order chi connectivity index (χ1) is 9.33. The maximum atomic E-state index is 12.0. The Kier molecular flexibility index (Phi) is 3.82. The lowest BCUT2D eigenvalue weighted by atomic mass is 9.97. The molecule has 0 aromatic carbocycles. The van der Waals surface area contributed by atoms with E-state index < -0.39 is 0 Å². The molecule has 5 nitrogen and oxygen atoms in total. The van der Waals surface area contributed by atoms with E-state index in [1.807, 2.05) is 12.4 Å². The molecule has 0 radical (unpaired) electrons. The van der Waals surface area contributed by atoms with Gasteiger partial charge in [-0.2, -0.15) is 0 Å². The molecule has 1 fully saturated rings. The van der Waals surface area contributed by atoms with Gasteiger partial charge in [0.1, 0.15) is 11.9 Å². The Bertz CT molecular complexity index is 438. The van der Waals surface area contributed by atoms with Crippen LogP contribution in [0.15, 0.2) is 12.4 Å². The van der Waals surface area contributed by atoms with Crippen LogP contribution in [0.4, 0.5) is 0 Å². The summed E-state index contributed by atoms with van der Waals surface area (Å²) in [6.07, 6.45) is 8.76. The number of aryl methyl sites for hydroxylation is 1. The van der Waals surface area contributed by atoms with Crippen molar-refractivity contribution in [3.05, 3.63) is 18.2 Å². The number of hydrogen-bond donors (Lipinski definition) is 1. The second kappa shape index (κ2) is 5.74. The van der Waals surface area contributed by atoms with E-state index in [4.69, 9.17) is 4.74 Å². The number of aromatic nitrogens is 2. The molecular formula is C14H21N3O2. The highest BCUT2D eigenvalue weighted by Crippen LogP contribution is 2.18. The normalized spacial score (nSPS) is 26.7. The molecule has 2 aliphatic heterocycles. The molecule has 0 spiro atoms. The van der Waals surface area contributed by atoms with Crippen molar-refractivity contribution in [2.24, 2.45) is 5.92 Å². The fourth-order valence-corrected chi connectivity index (χ4v) is 2.90. The van der Waals surface area contributed by atoms with Crippen LogP contribution in [0.3, 0.4) is 0 Å². The summed E-state index contributed by atoms with van der Waals surface area (Å²) in [5, 5.41) is 3.04. The van der Waals surface area contributed by atoms with Crippen LogP contribution in [-0.2, 0) is 22.5 Å². The molecule has 2 atom stereocenters. The van der Waals surface area contributed by atoms with E-state index in [1.165, 1.54) is 0 Å². The number of amides is 1. The van der Waals surface area contributed by atoms with Crippen LogP contribution in [0, 0.1) is 5.92 Å². The zero-order valence-electron chi connectivity index (χ0n) is 11.2. The van der Waals surface area contributed by atoms with Gasteiger partial charge in [0.25, 0.3) is 0 Å². The van der Waals surface area contributed by atoms with E-state index in [0.717, 1.165) is 57.6 Å². The monoisotopic (exact) mass is 263 g/mol. The maximum Gasteiger partial charge on any atom is 0.249 e. The van der Waals surface area contributed by atoms with E-state index in [9.17, 15) is 4.79 Å². The minimum Gasteiger partial charge on any atom is -0.368 e. The van der Waals surface area contributed by atoms with Crippen molar-refractivity contribution < 1.29 is 9.53 Å². The topological polar surface area (TPSA) is 56.2 Å². The summed E-state index contributed by atoms with van der Waals surface area (Å²) in [5.74, 6) is 1.70. The van der Waals surface area contributed by atoms with Crippen LogP contribution in [-0.4, -0.2) is 34.7 Å².